The first-order valence-electron chi connectivity index (χ1n) is 9.43. The van der Waals surface area contributed by atoms with E-state index >= 15 is 0 Å². The number of alkyl halides is 6. The van der Waals surface area contributed by atoms with E-state index in [0.717, 1.165) is 17.2 Å². The number of aromatic nitrogens is 1. The number of nitrogens with zero attached hydrogens (tertiary/aromatic N) is 2. The highest BCUT2D eigenvalue weighted by molar-refractivity contribution is 8.00. The van der Waals surface area contributed by atoms with Crippen molar-refractivity contribution in [2.24, 2.45) is 0 Å². The van der Waals surface area contributed by atoms with Crippen LogP contribution in [0.15, 0.2) is 71.8 Å². The Balaban J connectivity index is 1.93. The minimum absolute atomic E-state index is 0.0384. The van der Waals surface area contributed by atoms with Crippen LogP contribution in [0.5, 0.6) is 0 Å². The molecule has 12 heteroatoms. The highest BCUT2D eigenvalue weighted by Crippen LogP contribution is 2.58. The van der Waals surface area contributed by atoms with Crippen molar-refractivity contribution in [3.8, 4) is 0 Å². The molecule has 0 fully saturated rings. The zero-order valence-corrected chi connectivity index (χ0v) is 17.3. The Morgan fingerprint density at radius 2 is 1.67 bits per heavy atom. The van der Waals surface area contributed by atoms with E-state index in [4.69, 9.17) is 0 Å². The fraction of sp³-hybridized carbons (Fsp3) is 0.190. The first-order valence-corrected chi connectivity index (χ1v) is 10.2. The second-order valence-electron chi connectivity index (χ2n) is 7.07. The summed E-state index contributed by atoms with van der Waals surface area (Å²) in [6.45, 7) is -0.316. The normalized spacial score (nSPS) is 15.5. The average Bonchev–Trinajstić information content (AvgIpc) is 3.20. The summed E-state index contributed by atoms with van der Waals surface area (Å²) in [6, 6.07) is 12.5. The predicted octanol–water partition coefficient (Wildman–Crippen LogP) is 6.79. The second kappa shape index (κ2) is 8.32. The van der Waals surface area contributed by atoms with Gasteiger partial charge in [0.15, 0.2) is 0 Å². The molecule has 4 rings (SSSR count). The minimum atomic E-state index is -4.97. The van der Waals surface area contributed by atoms with Gasteiger partial charge in [-0.25, -0.2) is 5.54 Å². The monoisotopic (exact) mass is 488 g/mol. The van der Waals surface area contributed by atoms with Crippen LogP contribution < -0.4 is 15.8 Å². The molecule has 2 aromatic carbocycles. The molecule has 1 unspecified atom stereocenters. The molecular weight excluding hydrogens is 473 g/mol. The second-order valence-corrected chi connectivity index (χ2v) is 8.34. The van der Waals surface area contributed by atoms with Gasteiger partial charge in [-0.05, 0) is 35.9 Å². The Hall–Kier alpha value is -3.15. The van der Waals surface area contributed by atoms with E-state index in [-0.39, 0.29) is 40.3 Å². The van der Waals surface area contributed by atoms with Crippen LogP contribution >= 0.6 is 11.8 Å². The van der Waals surface area contributed by atoms with Crippen molar-refractivity contribution in [1.29, 1.82) is 0 Å². The highest BCUT2D eigenvalue weighted by Gasteiger charge is 2.62. The smallest absolute Gasteiger partial charge is 0.366 e. The van der Waals surface area contributed by atoms with Crippen molar-refractivity contribution >= 4 is 28.8 Å². The summed E-state index contributed by atoms with van der Waals surface area (Å²) >= 11 is 0.208. The summed E-state index contributed by atoms with van der Waals surface area (Å²) < 4.78 is 97.6. The number of nitrogens with one attached hydrogen (secondary N) is 2. The summed E-state index contributed by atoms with van der Waals surface area (Å²) in [5, 5.41) is 2.84. The molecule has 1 aliphatic rings. The SMILES string of the molecule is FNc1ccc2c(c1)N(C(Sc1ccnc(C(F)(F)F)c1)(c1ccccc1)C(F)(F)F)CN2. The average molecular weight is 488 g/mol. The van der Waals surface area contributed by atoms with Crippen LogP contribution in [0.2, 0.25) is 0 Å². The lowest BCUT2D eigenvalue weighted by Gasteiger charge is -2.43. The molecule has 2 N–H and O–H groups in total. The number of anilines is 3. The lowest BCUT2D eigenvalue weighted by molar-refractivity contribution is -0.162. The van der Waals surface area contributed by atoms with E-state index in [1.165, 1.54) is 54.1 Å². The van der Waals surface area contributed by atoms with Gasteiger partial charge in [-0.15, -0.1) is 4.48 Å². The number of fused-ring (bicyclic) bond motifs is 1. The maximum atomic E-state index is 15.0. The molecule has 2 heterocycles. The van der Waals surface area contributed by atoms with E-state index in [1.807, 2.05) is 0 Å². The number of pyridine rings is 1. The Morgan fingerprint density at radius 1 is 0.939 bits per heavy atom. The van der Waals surface area contributed by atoms with Gasteiger partial charge < -0.3 is 10.2 Å². The lowest BCUT2D eigenvalue weighted by atomic mass is 10.0. The fourth-order valence-corrected chi connectivity index (χ4v) is 4.89. The summed E-state index contributed by atoms with van der Waals surface area (Å²) in [6.07, 6.45) is -8.98. The quantitative estimate of drug-likeness (QED) is 0.235. The highest BCUT2D eigenvalue weighted by atomic mass is 32.2. The number of thioether (sulfide) groups is 1. The third-order valence-electron chi connectivity index (χ3n) is 5.04. The molecule has 4 nitrogen and oxygen atoms in total. The minimum Gasteiger partial charge on any atom is -0.366 e. The van der Waals surface area contributed by atoms with Crippen molar-refractivity contribution in [3.63, 3.8) is 0 Å². The molecule has 3 aromatic rings. The largest absolute Gasteiger partial charge is 0.433 e. The number of rotatable bonds is 5. The first-order chi connectivity index (χ1) is 15.6. The molecule has 0 saturated heterocycles. The van der Waals surface area contributed by atoms with Gasteiger partial charge in [-0.3, -0.25) is 4.98 Å². The zero-order chi connectivity index (χ0) is 23.9. The maximum absolute atomic E-state index is 15.0. The third kappa shape index (κ3) is 4.14. The van der Waals surface area contributed by atoms with Gasteiger partial charge in [0.1, 0.15) is 5.69 Å². The van der Waals surface area contributed by atoms with Crippen LogP contribution in [-0.4, -0.2) is 17.8 Å². The molecule has 1 aromatic heterocycles. The number of halogens is 7. The third-order valence-corrected chi connectivity index (χ3v) is 6.51. The molecule has 0 amide bonds. The Kier molecular flexibility index (Phi) is 5.81. The molecule has 1 atom stereocenters. The molecule has 0 bridgehead atoms. The Labute approximate surface area is 187 Å². The summed E-state index contributed by atoms with van der Waals surface area (Å²) in [5.74, 6) is 0. The van der Waals surface area contributed by atoms with Crippen LogP contribution in [-0.2, 0) is 11.0 Å². The first kappa shape index (κ1) is 23.0. The van der Waals surface area contributed by atoms with E-state index in [9.17, 15) is 30.8 Å². The van der Waals surface area contributed by atoms with E-state index in [2.05, 4.69) is 10.3 Å². The molecule has 33 heavy (non-hydrogen) atoms. The van der Waals surface area contributed by atoms with Gasteiger partial charge in [0.25, 0.3) is 0 Å². The fourth-order valence-electron chi connectivity index (χ4n) is 3.60. The number of benzene rings is 2. The topological polar surface area (TPSA) is 40.2 Å². The Morgan fingerprint density at radius 3 is 2.30 bits per heavy atom. The van der Waals surface area contributed by atoms with Gasteiger partial charge in [0.2, 0.25) is 4.87 Å². The maximum Gasteiger partial charge on any atom is 0.433 e. The standard InChI is InChI=1S/C21H15F7N4S/c22-20(23,24)18-11-15(8-9-29-18)33-19(21(25,26)27,13-4-2-1-3-5-13)32-12-30-16-7-6-14(31-28)10-17(16)32/h1-11,30-31H,12H2. The van der Waals surface area contributed by atoms with Crippen molar-refractivity contribution in [2.75, 3.05) is 22.4 Å². The van der Waals surface area contributed by atoms with Gasteiger partial charge >= 0.3 is 12.4 Å². The van der Waals surface area contributed by atoms with Crippen LogP contribution in [0.1, 0.15) is 11.3 Å². The zero-order valence-electron chi connectivity index (χ0n) is 16.5. The van der Waals surface area contributed by atoms with Gasteiger partial charge in [-0.1, -0.05) is 42.1 Å². The molecule has 0 aliphatic carbocycles. The molecule has 1 aliphatic heterocycles. The van der Waals surface area contributed by atoms with Crippen molar-refractivity contribution in [3.05, 3.63) is 78.1 Å². The van der Waals surface area contributed by atoms with Crippen molar-refractivity contribution in [1.82, 2.24) is 4.98 Å². The molecule has 0 saturated carbocycles. The van der Waals surface area contributed by atoms with Gasteiger partial charge in [0, 0.05) is 11.1 Å². The summed E-state index contributed by atoms with van der Waals surface area (Å²) in [4.78, 5) is 1.08. The van der Waals surface area contributed by atoms with E-state index < -0.39 is 22.9 Å². The number of hydrogen-bond acceptors (Lipinski definition) is 5. The summed E-state index contributed by atoms with van der Waals surface area (Å²) in [7, 11) is 0. The number of hydrogen-bond donors (Lipinski definition) is 2. The molecular formula is C21H15F7N4S. The van der Waals surface area contributed by atoms with E-state index in [0.29, 0.717) is 11.8 Å². The van der Waals surface area contributed by atoms with Crippen LogP contribution in [0.25, 0.3) is 0 Å². The summed E-state index contributed by atoms with van der Waals surface area (Å²) in [5.41, 5.74) is 0.186. The lowest BCUT2D eigenvalue weighted by Crippen LogP contribution is -2.54. The van der Waals surface area contributed by atoms with Crippen LogP contribution in [0, 0.1) is 0 Å². The predicted molar refractivity (Wildman–Crippen MR) is 111 cm³/mol. The van der Waals surface area contributed by atoms with E-state index in [1.54, 1.807) is 0 Å². The van der Waals surface area contributed by atoms with Gasteiger partial charge in [-0.2, -0.15) is 26.3 Å². The molecule has 174 valence electrons. The van der Waals surface area contributed by atoms with Crippen molar-refractivity contribution in [2.45, 2.75) is 22.1 Å². The molecule has 0 spiro atoms. The van der Waals surface area contributed by atoms with Gasteiger partial charge in [0.05, 0.1) is 23.7 Å². The van der Waals surface area contributed by atoms with Crippen molar-refractivity contribution < 1.29 is 30.8 Å². The molecule has 0 radical (unpaired) electrons. The van der Waals surface area contributed by atoms with Crippen LogP contribution in [0.3, 0.4) is 0 Å². The Bertz CT molecular complexity index is 1140. The van der Waals surface area contributed by atoms with Crippen LogP contribution in [0.4, 0.5) is 47.9 Å².